The van der Waals surface area contributed by atoms with Crippen molar-refractivity contribution in [3.8, 4) is 0 Å². The number of carbonyl (C=O) groups is 2. The van der Waals surface area contributed by atoms with Gasteiger partial charge in [-0.25, -0.2) is 4.39 Å². The van der Waals surface area contributed by atoms with Gasteiger partial charge in [-0.3, -0.25) is 9.59 Å². The number of fused-ring (bicyclic) bond motifs is 2. The molecule has 130 valence electrons. The number of halogens is 1. The fraction of sp³-hybridized carbons (Fsp3) is 0.556. The van der Waals surface area contributed by atoms with Crippen LogP contribution in [-0.4, -0.2) is 30.9 Å². The summed E-state index contributed by atoms with van der Waals surface area (Å²) in [6, 6.07) is 5.41. The van der Waals surface area contributed by atoms with E-state index in [9.17, 15) is 14.0 Å². The highest BCUT2D eigenvalue weighted by molar-refractivity contribution is 5.94. The van der Waals surface area contributed by atoms with Crippen molar-refractivity contribution in [2.45, 2.75) is 31.7 Å². The van der Waals surface area contributed by atoms with E-state index >= 15 is 0 Å². The molecule has 2 bridgehead atoms. The Morgan fingerprint density at radius 3 is 2.42 bits per heavy atom. The van der Waals surface area contributed by atoms with Crippen molar-refractivity contribution in [1.29, 1.82) is 0 Å². The van der Waals surface area contributed by atoms with Crippen molar-refractivity contribution < 1.29 is 14.0 Å². The summed E-state index contributed by atoms with van der Waals surface area (Å²) in [5.74, 6) is 0.366. The molecule has 4 unspecified atom stereocenters. The first kappa shape index (κ1) is 16.9. The Bertz CT molecular complexity index is 603. The molecule has 0 aliphatic heterocycles. The van der Waals surface area contributed by atoms with E-state index in [1.807, 2.05) is 0 Å². The van der Waals surface area contributed by atoms with Crippen LogP contribution in [0, 0.1) is 23.6 Å². The molecule has 1 aromatic rings. The van der Waals surface area contributed by atoms with E-state index < -0.39 is 0 Å². The van der Waals surface area contributed by atoms with E-state index in [0.29, 0.717) is 36.9 Å². The third-order valence-electron chi connectivity index (χ3n) is 5.33. The molecule has 5 nitrogen and oxygen atoms in total. The average molecular weight is 333 g/mol. The van der Waals surface area contributed by atoms with Crippen LogP contribution in [0.1, 0.15) is 36.0 Å². The van der Waals surface area contributed by atoms with Crippen LogP contribution in [0.15, 0.2) is 24.3 Å². The molecule has 2 aliphatic carbocycles. The van der Waals surface area contributed by atoms with Crippen molar-refractivity contribution in [2.24, 2.45) is 23.5 Å². The van der Waals surface area contributed by atoms with Gasteiger partial charge in [0.15, 0.2) is 0 Å². The zero-order chi connectivity index (χ0) is 17.1. The number of hydrogen-bond acceptors (Lipinski definition) is 3. The van der Waals surface area contributed by atoms with Gasteiger partial charge in [0.1, 0.15) is 5.82 Å². The van der Waals surface area contributed by atoms with Crippen LogP contribution in [0.2, 0.25) is 0 Å². The second kappa shape index (κ2) is 7.30. The van der Waals surface area contributed by atoms with Gasteiger partial charge in [0.05, 0.1) is 5.92 Å². The lowest BCUT2D eigenvalue weighted by atomic mass is 9.84. The molecule has 0 saturated heterocycles. The number of hydrogen-bond donors (Lipinski definition) is 3. The van der Waals surface area contributed by atoms with Gasteiger partial charge in [0.2, 0.25) is 5.91 Å². The number of benzene rings is 1. The predicted molar refractivity (Wildman–Crippen MR) is 88.7 cm³/mol. The summed E-state index contributed by atoms with van der Waals surface area (Å²) in [4.78, 5) is 24.1. The molecule has 4 atom stereocenters. The van der Waals surface area contributed by atoms with Crippen molar-refractivity contribution >= 4 is 11.8 Å². The molecular formula is C18H24FN3O2. The minimum absolute atomic E-state index is 0.00179. The number of rotatable bonds is 6. The number of nitrogens with two attached hydrogens (primary N) is 1. The van der Waals surface area contributed by atoms with Gasteiger partial charge >= 0.3 is 0 Å². The molecule has 1 aromatic carbocycles. The van der Waals surface area contributed by atoms with Crippen molar-refractivity contribution in [1.82, 2.24) is 10.6 Å². The molecule has 2 saturated carbocycles. The summed E-state index contributed by atoms with van der Waals surface area (Å²) >= 11 is 0. The Morgan fingerprint density at radius 2 is 1.75 bits per heavy atom. The van der Waals surface area contributed by atoms with Crippen LogP contribution in [0.25, 0.3) is 0 Å². The standard InChI is InChI=1S/C18H24FN3O2/c19-14-6-4-11(5-7-14)17(23)21-8-1-9-22-18(24)15-12-2-3-13(10-12)16(15)20/h4-7,12-13,15-16H,1-3,8-10,20H2,(H,21,23)(H,22,24). The van der Waals surface area contributed by atoms with Crippen LogP contribution in [0.5, 0.6) is 0 Å². The van der Waals surface area contributed by atoms with E-state index in [4.69, 9.17) is 5.73 Å². The SMILES string of the molecule is NC1C2CCC(C2)C1C(=O)NCCCNC(=O)c1ccc(F)cc1. The van der Waals surface area contributed by atoms with Crippen LogP contribution in [0.4, 0.5) is 4.39 Å². The van der Waals surface area contributed by atoms with Gasteiger partial charge in [-0.15, -0.1) is 0 Å². The zero-order valence-electron chi connectivity index (χ0n) is 13.6. The minimum atomic E-state index is -0.368. The molecule has 0 aromatic heterocycles. The second-order valence-electron chi connectivity index (χ2n) is 6.84. The first-order valence-corrected chi connectivity index (χ1v) is 8.63. The maximum absolute atomic E-state index is 12.8. The van der Waals surface area contributed by atoms with E-state index in [2.05, 4.69) is 10.6 Å². The lowest BCUT2D eigenvalue weighted by Gasteiger charge is -2.27. The Balaban J connectivity index is 1.34. The second-order valence-corrected chi connectivity index (χ2v) is 6.84. The number of amides is 2. The summed E-state index contributed by atoms with van der Waals surface area (Å²) < 4.78 is 12.8. The number of carbonyl (C=O) groups excluding carboxylic acids is 2. The molecule has 24 heavy (non-hydrogen) atoms. The van der Waals surface area contributed by atoms with E-state index in [1.165, 1.54) is 24.3 Å². The third-order valence-corrected chi connectivity index (χ3v) is 5.33. The summed E-state index contributed by atoms with van der Waals surface area (Å²) in [6.45, 7) is 0.975. The molecule has 2 aliphatic rings. The fourth-order valence-electron chi connectivity index (χ4n) is 4.05. The molecular weight excluding hydrogens is 309 g/mol. The normalized spacial score (nSPS) is 27.9. The van der Waals surface area contributed by atoms with Crippen molar-refractivity contribution in [3.05, 3.63) is 35.6 Å². The van der Waals surface area contributed by atoms with Crippen LogP contribution >= 0.6 is 0 Å². The molecule has 0 heterocycles. The maximum Gasteiger partial charge on any atom is 0.251 e. The molecule has 6 heteroatoms. The number of nitrogens with one attached hydrogen (secondary N) is 2. The van der Waals surface area contributed by atoms with Gasteiger partial charge in [-0.1, -0.05) is 0 Å². The lowest BCUT2D eigenvalue weighted by Crippen LogP contribution is -2.45. The van der Waals surface area contributed by atoms with Gasteiger partial charge in [-0.05, 0) is 61.8 Å². The van der Waals surface area contributed by atoms with Crippen LogP contribution in [-0.2, 0) is 4.79 Å². The topological polar surface area (TPSA) is 84.2 Å². The molecule has 2 amide bonds. The van der Waals surface area contributed by atoms with Crippen molar-refractivity contribution in [3.63, 3.8) is 0 Å². The largest absolute Gasteiger partial charge is 0.356 e. The highest BCUT2D eigenvalue weighted by atomic mass is 19.1. The van der Waals surface area contributed by atoms with Gasteiger partial charge in [-0.2, -0.15) is 0 Å². The Morgan fingerprint density at radius 1 is 1.08 bits per heavy atom. The zero-order valence-corrected chi connectivity index (χ0v) is 13.6. The van der Waals surface area contributed by atoms with E-state index in [0.717, 1.165) is 19.3 Å². The quantitative estimate of drug-likeness (QED) is 0.689. The summed E-state index contributed by atoms with van der Waals surface area (Å²) in [6.07, 6.45) is 4.01. The first-order chi connectivity index (χ1) is 11.6. The Hall–Kier alpha value is -1.95. The summed E-state index contributed by atoms with van der Waals surface area (Å²) in [5.41, 5.74) is 6.59. The highest BCUT2D eigenvalue weighted by Crippen LogP contribution is 2.47. The highest BCUT2D eigenvalue weighted by Gasteiger charge is 2.48. The average Bonchev–Trinajstić information content (AvgIpc) is 3.16. The maximum atomic E-state index is 12.8. The van der Waals surface area contributed by atoms with Crippen LogP contribution in [0.3, 0.4) is 0 Å². The fourth-order valence-corrected chi connectivity index (χ4v) is 4.05. The minimum Gasteiger partial charge on any atom is -0.356 e. The van der Waals surface area contributed by atoms with E-state index in [1.54, 1.807) is 0 Å². The van der Waals surface area contributed by atoms with Gasteiger partial charge in [0, 0.05) is 24.7 Å². The lowest BCUT2D eigenvalue weighted by molar-refractivity contribution is -0.127. The van der Waals surface area contributed by atoms with E-state index in [-0.39, 0.29) is 29.6 Å². The monoisotopic (exact) mass is 333 g/mol. The Kier molecular flexibility index (Phi) is 5.14. The molecule has 4 N–H and O–H groups in total. The first-order valence-electron chi connectivity index (χ1n) is 8.63. The third kappa shape index (κ3) is 3.59. The predicted octanol–water partition coefficient (Wildman–Crippen LogP) is 1.44. The molecule has 3 rings (SSSR count). The molecule has 2 fully saturated rings. The van der Waals surface area contributed by atoms with Gasteiger partial charge < -0.3 is 16.4 Å². The molecule has 0 spiro atoms. The Labute approximate surface area is 141 Å². The van der Waals surface area contributed by atoms with Crippen molar-refractivity contribution in [2.75, 3.05) is 13.1 Å². The smallest absolute Gasteiger partial charge is 0.251 e. The van der Waals surface area contributed by atoms with Gasteiger partial charge in [0.25, 0.3) is 5.91 Å². The van der Waals surface area contributed by atoms with Crippen LogP contribution < -0.4 is 16.4 Å². The molecule has 0 radical (unpaired) electrons. The summed E-state index contributed by atoms with van der Waals surface area (Å²) in [5, 5.41) is 5.70. The summed E-state index contributed by atoms with van der Waals surface area (Å²) in [7, 11) is 0.